The zero-order chi connectivity index (χ0) is 15.0. The van der Waals surface area contributed by atoms with Gasteiger partial charge in [0.2, 0.25) is 5.88 Å². The van der Waals surface area contributed by atoms with E-state index in [9.17, 15) is 14.8 Å². The first-order chi connectivity index (χ1) is 10.1. The van der Waals surface area contributed by atoms with Crippen LogP contribution in [-0.4, -0.2) is 5.11 Å². The van der Waals surface area contributed by atoms with E-state index in [4.69, 9.17) is 10.5 Å². The molecule has 0 aromatic heterocycles. The van der Waals surface area contributed by atoms with E-state index in [0.29, 0.717) is 16.9 Å². The average molecular weight is 282 g/mol. The molecule has 0 bridgehead atoms. The number of phenols is 1. The largest absolute Gasteiger partial charge is 0.508 e. The van der Waals surface area contributed by atoms with Crippen molar-refractivity contribution in [3.05, 3.63) is 70.9 Å². The molecule has 104 valence electrons. The smallest absolute Gasteiger partial charge is 0.205 e. The van der Waals surface area contributed by atoms with E-state index in [0.717, 1.165) is 0 Å². The Kier molecular flexibility index (Phi) is 2.99. The second-order valence-electron chi connectivity index (χ2n) is 4.70. The summed E-state index contributed by atoms with van der Waals surface area (Å²) in [5, 5.41) is 18.9. The summed E-state index contributed by atoms with van der Waals surface area (Å²) >= 11 is 0. The van der Waals surface area contributed by atoms with Crippen molar-refractivity contribution >= 4 is 0 Å². The van der Waals surface area contributed by atoms with E-state index in [2.05, 4.69) is 0 Å². The average Bonchev–Trinajstić information content (AvgIpc) is 2.45. The zero-order valence-corrected chi connectivity index (χ0v) is 10.9. The molecule has 0 radical (unpaired) electrons. The van der Waals surface area contributed by atoms with Gasteiger partial charge in [0.15, 0.2) is 0 Å². The summed E-state index contributed by atoms with van der Waals surface area (Å²) in [6.07, 6.45) is 0. The van der Waals surface area contributed by atoms with Crippen molar-refractivity contribution in [3.8, 4) is 17.6 Å². The second kappa shape index (κ2) is 4.84. The maximum Gasteiger partial charge on any atom is 0.205 e. The molecule has 0 saturated heterocycles. The van der Waals surface area contributed by atoms with Crippen LogP contribution in [0.25, 0.3) is 0 Å². The van der Waals surface area contributed by atoms with Crippen LogP contribution in [0, 0.1) is 17.1 Å². The summed E-state index contributed by atoms with van der Waals surface area (Å²) < 4.78 is 18.9. The number of nitriles is 1. The Bertz CT molecular complexity index is 793. The quantitative estimate of drug-likeness (QED) is 0.843. The van der Waals surface area contributed by atoms with E-state index in [1.807, 2.05) is 6.07 Å². The Labute approximate surface area is 120 Å². The minimum absolute atomic E-state index is 0.0277. The van der Waals surface area contributed by atoms with Gasteiger partial charge in [-0.15, -0.1) is 0 Å². The minimum atomic E-state index is -0.518. The summed E-state index contributed by atoms with van der Waals surface area (Å²) in [7, 11) is 0. The molecule has 0 amide bonds. The first kappa shape index (κ1) is 13.0. The van der Waals surface area contributed by atoms with Gasteiger partial charge in [0.25, 0.3) is 0 Å². The zero-order valence-electron chi connectivity index (χ0n) is 10.9. The maximum absolute atomic E-state index is 13.5. The first-order valence-corrected chi connectivity index (χ1v) is 6.26. The van der Waals surface area contributed by atoms with Crippen LogP contribution < -0.4 is 10.5 Å². The monoisotopic (exact) mass is 282 g/mol. The predicted octanol–water partition coefficient (Wildman–Crippen LogP) is 2.75. The van der Waals surface area contributed by atoms with Crippen molar-refractivity contribution in [2.24, 2.45) is 5.73 Å². The molecule has 2 aromatic rings. The molecule has 0 spiro atoms. The fourth-order valence-corrected chi connectivity index (χ4v) is 2.47. The van der Waals surface area contributed by atoms with Crippen LogP contribution in [0.2, 0.25) is 0 Å². The van der Waals surface area contributed by atoms with Gasteiger partial charge in [-0.05, 0) is 23.8 Å². The third kappa shape index (κ3) is 2.17. The Hall–Kier alpha value is -3.00. The molecule has 3 rings (SSSR count). The first-order valence-electron chi connectivity index (χ1n) is 6.26. The number of nitrogens with zero attached hydrogens (tertiary/aromatic N) is 1. The van der Waals surface area contributed by atoms with E-state index in [1.54, 1.807) is 18.2 Å². The summed E-state index contributed by atoms with van der Waals surface area (Å²) in [5.74, 6) is -0.559. The number of aromatic hydroxyl groups is 1. The third-order valence-corrected chi connectivity index (χ3v) is 3.38. The maximum atomic E-state index is 13.5. The van der Waals surface area contributed by atoms with Crippen molar-refractivity contribution in [3.63, 3.8) is 0 Å². The SMILES string of the molecule is N#CC1=C(N)Oc2cc(O)ccc2[C@H]1c1cccc(F)c1. The molecule has 0 fully saturated rings. The molecule has 1 aliphatic heterocycles. The number of phenolic OH excluding ortho intramolecular Hbond substituents is 1. The number of benzene rings is 2. The molecule has 1 heterocycles. The van der Waals surface area contributed by atoms with Gasteiger partial charge >= 0.3 is 0 Å². The highest BCUT2D eigenvalue weighted by Crippen LogP contribution is 2.43. The van der Waals surface area contributed by atoms with Gasteiger partial charge in [0.1, 0.15) is 29.0 Å². The van der Waals surface area contributed by atoms with Crippen LogP contribution in [0.1, 0.15) is 17.0 Å². The highest BCUT2D eigenvalue weighted by molar-refractivity contribution is 5.56. The molecule has 1 atom stereocenters. The Morgan fingerprint density at radius 3 is 2.76 bits per heavy atom. The highest BCUT2D eigenvalue weighted by atomic mass is 19.1. The van der Waals surface area contributed by atoms with Gasteiger partial charge in [0.05, 0.1) is 5.92 Å². The lowest BCUT2D eigenvalue weighted by Crippen LogP contribution is -2.21. The number of rotatable bonds is 1. The summed E-state index contributed by atoms with van der Waals surface area (Å²) in [5.41, 5.74) is 7.26. The fourth-order valence-electron chi connectivity index (χ4n) is 2.47. The van der Waals surface area contributed by atoms with Gasteiger partial charge < -0.3 is 15.6 Å². The Balaban J connectivity index is 2.24. The lowest BCUT2D eigenvalue weighted by Gasteiger charge is -2.26. The summed E-state index contributed by atoms with van der Waals surface area (Å²) in [4.78, 5) is 0. The van der Waals surface area contributed by atoms with Crippen LogP contribution in [0.15, 0.2) is 53.9 Å². The van der Waals surface area contributed by atoms with Gasteiger partial charge in [-0.2, -0.15) is 5.26 Å². The Morgan fingerprint density at radius 1 is 1.24 bits per heavy atom. The van der Waals surface area contributed by atoms with E-state index in [-0.39, 0.29) is 17.2 Å². The van der Waals surface area contributed by atoms with Crippen molar-refractivity contribution in [2.45, 2.75) is 5.92 Å². The van der Waals surface area contributed by atoms with Crippen LogP contribution in [0.3, 0.4) is 0 Å². The molecule has 21 heavy (non-hydrogen) atoms. The van der Waals surface area contributed by atoms with Crippen molar-refractivity contribution < 1.29 is 14.2 Å². The number of hydrogen-bond acceptors (Lipinski definition) is 4. The van der Waals surface area contributed by atoms with Crippen LogP contribution >= 0.6 is 0 Å². The van der Waals surface area contributed by atoms with Crippen molar-refractivity contribution in [1.82, 2.24) is 0 Å². The van der Waals surface area contributed by atoms with E-state index < -0.39 is 11.7 Å². The molecule has 0 saturated carbocycles. The van der Waals surface area contributed by atoms with Crippen molar-refractivity contribution in [1.29, 1.82) is 5.26 Å². The molecular weight excluding hydrogens is 271 g/mol. The number of ether oxygens (including phenoxy) is 1. The summed E-state index contributed by atoms with van der Waals surface area (Å²) in [6.45, 7) is 0. The summed E-state index contributed by atoms with van der Waals surface area (Å²) in [6, 6.07) is 12.6. The molecule has 3 N–H and O–H groups in total. The van der Waals surface area contributed by atoms with Gasteiger partial charge in [-0.25, -0.2) is 4.39 Å². The number of hydrogen-bond donors (Lipinski definition) is 2. The highest BCUT2D eigenvalue weighted by Gasteiger charge is 2.30. The van der Waals surface area contributed by atoms with Crippen LogP contribution in [0.4, 0.5) is 4.39 Å². The van der Waals surface area contributed by atoms with Gasteiger partial charge in [-0.3, -0.25) is 0 Å². The van der Waals surface area contributed by atoms with Gasteiger partial charge in [-0.1, -0.05) is 18.2 Å². The molecule has 2 aromatic carbocycles. The fraction of sp³-hybridized carbons (Fsp3) is 0.0625. The minimum Gasteiger partial charge on any atom is -0.508 e. The second-order valence-corrected chi connectivity index (χ2v) is 4.70. The predicted molar refractivity (Wildman–Crippen MR) is 73.8 cm³/mol. The molecular formula is C16H11FN2O2. The lowest BCUT2D eigenvalue weighted by molar-refractivity contribution is 0.388. The molecule has 0 unspecified atom stereocenters. The molecule has 4 nitrogen and oxygen atoms in total. The number of fused-ring (bicyclic) bond motifs is 1. The molecule has 1 aliphatic rings. The van der Waals surface area contributed by atoms with Crippen LogP contribution in [-0.2, 0) is 0 Å². The van der Waals surface area contributed by atoms with Gasteiger partial charge in [0, 0.05) is 11.6 Å². The topological polar surface area (TPSA) is 79.3 Å². The third-order valence-electron chi connectivity index (χ3n) is 3.38. The standard InChI is InChI=1S/C16H11FN2O2/c17-10-3-1-2-9(6-10)15-12-5-4-11(20)7-14(12)21-16(19)13(15)8-18/h1-7,15,20H,19H2/t15-/m1/s1. The van der Waals surface area contributed by atoms with E-state index >= 15 is 0 Å². The van der Waals surface area contributed by atoms with E-state index in [1.165, 1.54) is 24.3 Å². The molecule has 5 heteroatoms. The normalized spacial score (nSPS) is 16.9. The Morgan fingerprint density at radius 2 is 2.05 bits per heavy atom. The molecule has 0 aliphatic carbocycles. The van der Waals surface area contributed by atoms with Crippen LogP contribution in [0.5, 0.6) is 11.5 Å². The lowest BCUT2D eigenvalue weighted by atomic mass is 9.83. The number of allylic oxidation sites excluding steroid dienone is 1. The number of halogens is 1. The number of nitrogens with two attached hydrogens (primary N) is 1. The van der Waals surface area contributed by atoms with Crippen molar-refractivity contribution in [2.75, 3.05) is 0 Å².